The van der Waals surface area contributed by atoms with E-state index in [0.29, 0.717) is 25.7 Å². The van der Waals surface area contributed by atoms with Crippen molar-refractivity contribution in [3.05, 3.63) is 156 Å². The van der Waals surface area contributed by atoms with Crippen LogP contribution in [0.2, 0.25) is 0 Å². The molecule has 0 amide bonds. The van der Waals surface area contributed by atoms with Gasteiger partial charge in [0.1, 0.15) is 0 Å². The summed E-state index contributed by atoms with van der Waals surface area (Å²) >= 11 is 0. The Bertz CT molecular complexity index is 3680. The first-order valence-corrected chi connectivity index (χ1v) is 27.4. The number of ether oxygens (including phenoxy) is 4. The topological polar surface area (TPSA) is 36.9 Å². The molecule has 2 heterocycles. The van der Waals surface area contributed by atoms with Gasteiger partial charge in [0.15, 0.2) is 0 Å². The Morgan fingerprint density at radius 1 is 0.493 bits per heavy atom. The Hall–Kier alpha value is -5.88. The maximum Gasteiger partial charge on any atom is 0.0604 e. The molecule has 2 fully saturated rings. The van der Waals surface area contributed by atoms with Gasteiger partial charge in [-0.15, -0.1) is 0 Å². The highest BCUT2D eigenvalue weighted by Gasteiger charge is 2.46. The molecule has 4 nitrogen and oxygen atoms in total. The maximum absolute atomic E-state index is 7.20. The van der Waals surface area contributed by atoms with E-state index in [-0.39, 0.29) is 16.2 Å². The van der Waals surface area contributed by atoms with Crippen molar-refractivity contribution in [2.75, 3.05) is 52.9 Å². The molecule has 1 aliphatic carbocycles. The van der Waals surface area contributed by atoms with Crippen molar-refractivity contribution < 1.29 is 18.9 Å². The van der Waals surface area contributed by atoms with Crippen LogP contribution < -0.4 is 0 Å². The van der Waals surface area contributed by atoms with E-state index in [0.717, 1.165) is 65.1 Å². The lowest BCUT2D eigenvalue weighted by Gasteiger charge is -2.42. The van der Waals surface area contributed by atoms with E-state index in [1.54, 1.807) is 0 Å². The highest BCUT2D eigenvalue weighted by atomic mass is 16.5. The second-order valence-corrected chi connectivity index (χ2v) is 24.3. The lowest BCUT2D eigenvalue weighted by atomic mass is 9.73. The molecule has 1 unspecified atom stereocenters. The zero-order valence-corrected chi connectivity index (χ0v) is 44.1. The molecule has 370 valence electrons. The first kappa shape index (κ1) is 46.9. The third kappa shape index (κ3) is 7.68. The molecule has 0 N–H and O–H groups in total. The van der Waals surface area contributed by atoms with Crippen LogP contribution in [0.4, 0.5) is 0 Å². The van der Waals surface area contributed by atoms with Crippen molar-refractivity contribution in [1.29, 1.82) is 0 Å². The van der Waals surface area contributed by atoms with E-state index in [1.165, 1.54) is 120 Å². The predicted octanol–water partition coefficient (Wildman–Crippen LogP) is 17.2. The Kier molecular flexibility index (Phi) is 11.3. The first-order chi connectivity index (χ1) is 35.4. The van der Waals surface area contributed by atoms with E-state index in [9.17, 15) is 0 Å². The van der Waals surface area contributed by atoms with Gasteiger partial charge in [0.05, 0.1) is 46.2 Å². The van der Waals surface area contributed by atoms with Gasteiger partial charge in [0.2, 0.25) is 0 Å². The van der Waals surface area contributed by atoms with Crippen molar-refractivity contribution in [1.82, 2.24) is 0 Å². The average Bonchev–Trinajstić information content (AvgIpc) is 3.63. The van der Waals surface area contributed by atoms with E-state index in [2.05, 4.69) is 182 Å². The van der Waals surface area contributed by atoms with Gasteiger partial charge in [-0.2, -0.15) is 0 Å². The summed E-state index contributed by atoms with van der Waals surface area (Å²) in [4.78, 5) is 0. The molecule has 0 saturated carbocycles. The lowest BCUT2D eigenvalue weighted by molar-refractivity contribution is -0.154. The van der Waals surface area contributed by atoms with E-state index in [4.69, 9.17) is 18.9 Å². The quantitative estimate of drug-likeness (QED) is 0.0714. The van der Waals surface area contributed by atoms with Gasteiger partial charge in [-0.25, -0.2) is 0 Å². The van der Waals surface area contributed by atoms with Crippen LogP contribution >= 0.6 is 0 Å². The fourth-order valence-electron chi connectivity index (χ4n) is 13.3. The Morgan fingerprint density at radius 3 is 1.41 bits per heavy atom. The molecule has 0 aromatic heterocycles. The zero-order valence-electron chi connectivity index (χ0n) is 44.1. The minimum Gasteiger partial charge on any atom is -0.381 e. The van der Waals surface area contributed by atoms with E-state index < -0.39 is 5.41 Å². The molecular formula is C69H70O4. The molecule has 73 heavy (non-hydrogen) atoms. The number of hydrogen-bond acceptors (Lipinski definition) is 4. The second kappa shape index (κ2) is 17.6. The average molecular weight is 963 g/mol. The molecule has 2 aliphatic heterocycles. The van der Waals surface area contributed by atoms with E-state index in [1.807, 2.05) is 0 Å². The van der Waals surface area contributed by atoms with Crippen LogP contribution in [0.3, 0.4) is 0 Å². The Labute approximate surface area is 431 Å². The summed E-state index contributed by atoms with van der Waals surface area (Å²) in [6, 6.07) is 52.7. The summed E-state index contributed by atoms with van der Waals surface area (Å²) in [6.07, 6.45) is 5.00. The molecule has 13 rings (SSSR count). The van der Waals surface area contributed by atoms with Gasteiger partial charge in [-0.1, -0.05) is 170 Å². The molecule has 0 spiro atoms. The Balaban J connectivity index is 0.963. The molecule has 0 bridgehead atoms. The SMILES string of the molecule is CCC1(COCCCC2(COCC3(CC)COC3)c3cc(-c4ccc5ccc6cc(CC(C)C)cc7ccc4c5c67)ccc3-c3ccc(-c4ccc5ccc6cc(C(C)(C)C)cc7ccc4c5c67)cc32)COC1. The van der Waals surface area contributed by atoms with Gasteiger partial charge in [0, 0.05) is 22.9 Å². The van der Waals surface area contributed by atoms with Crippen molar-refractivity contribution in [2.45, 2.75) is 91.4 Å². The number of fused-ring (bicyclic) bond motifs is 3. The number of benzene rings is 10. The highest BCUT2D eigenvalue weighted by Crippen LogP contribution is 2.55. The third-order valence-electron chi connectivity index (χ3n) is 17.9. The lowest BCUT2D eigenvalue weighted by Crippen LogP contribution is -2.46. The summed E-state index contributed by atoms with van der Waals surface area (Å²) in [5.74, 6) is 0.605. The first-order valence-electron chi connectivity index (χ1n) is 27.4. The van der Waals surface area contributed by atoms with Crippen molar-refractivity contribution >= 4 is 64.6 Å². The third-order valence-corrected chi connectivity index (χ3v) is 17.9. The number of hydrogen-bond donors (Lipinski definition) is 0. The molecule has 1 atom stereocenters. The standard InChI is InChI=1S/C69H70O4/c1-8-67(37-71-38-67)36-70-28-10-27-69(42-73-41-68(9-2)39-72-40-68)60-34-47(54-21-15-45-11-13-49-30-44(29-43(3)4)31-50-19-25-58(54)64(45)62(49)50)17-23-56(60)57-24-18-48(35-61(57)69)55-22-16-46-12-14-51-32-53(66(5,6)7)33-52-20-26-59(55)65(46)63(51)52/h11-26,30-35,43H,8-10,27-29,36-42H2,1-7H3. The van der Waals surface area contributed by atoms with Gasteiger partial charge >= 0.3 is 0 Å². The van der Waals surface area contributed by atoms with Gasteiger partial charge in [-0.3, -0.25) is 0 Å². The van der Waals surface area contributed by atoms with Crippen LogP contribution in [-0.2, 0) is 36.2 Å². The van der Waals surface area contributed by atoms with Crippen LogP contribution in [-0.4, -0.2) is 52.9 Å². The smallest absolute Gasteiger partial charge is 0.0604 e. The largest absolute Gasteiger partial charge is 0.381 e. The van der Waals surface area contributed by atoms with Crippen molar-refractivity contribution in [3.8, 4) is 33.4 Å². The van der Waals surface area contributed by atoms with Crippen LogP contribution in [0.1, 0.15) is 96.4 Å². The highest BCUT2D eigenvalue weighted by molar-refractivity contribution is 6.27. The maximum atomic E-state index is 7.20. The molecule has 10 aromatic carbocycles. The minimum atomic E-state index is -0.425. The molecule has 4 heteroatoms. The molecule has 10 aromatic rings. The predicted molar refractivity (Wildman–Crippen MR) is 306 cm³/mol. The van der Waals surface area contributed by atoms with Crippen molar-refractivity contribution in [3.63, 3.8) is 0 Å². The monoisotopic (exact) mass is 963 g/mol. The van der Waals surface area contributed by atoms with Crippen molar-refractivity contribution in [2.24, 2.45) is 16.7 Å². The van der Waals surface area contributed by atoms with Gasteiger partial charge in [-0.05, 0) is 176 Å². The van der Waals surface area contributed by atoms with Crippen LogP contribution in [0, 0.1) is 16.7 Å². The number of rotatable bonds is 16. The van der Waals surface area contributed by atoms with Crippen LogP contribution in [0.5, 0.6) is 0 Å². The molecule has 2 saturated heterocycles. The molecule has 0 radical (unpaired) electrons. The molecular weight excluding hydrogens is 893 g/mol. The summed E-state index contributed by atoms with van der Waals surface area (Å²) in [5.41, 5.74) is 13.0. The summed E-state index contributed by atoms with van der Waals surface area (Å²) in [7, 11) is 0. The zero-order chi connectivity index (χ0) is 49.9. The van der Waals surface area contributed by atoms with E-state index >= 15 is 0 Å². The van der Waals surface area contributed by atoms with Crippen LogP contribution in [0.15, 0.2) is 133 Å². The second-order valence-electron chi connectivity index (χ2n) is 24.3. The van der Waals surface area contributed by atoms with Gasteiger partial charge < -0.3 is 18.9 Å². The van der Waals surface area contributed by atoms with Gasteiger partial charge in [0.25, 0.3) is 0 Å². The summed E-state index contributed by atoms with van der Waals surface area (Å²) in [6.45, 7) is 21.9. The normalized spacial score (nSPS) is 18.2. The van der Waals surface area contributed by atoms with Crippen LogP contribution in [0.25, 0.3) is 98.0 Å². The minimum absolute atomic E-state index is 0.0597. The molecule has 3 aliphatic rings. The summed E-state index contributed by atoms with van der Waals surface area (Å²) < 4.78 is 25.4. The summed E-state index contributed by atoms with van der Waals surface area (Å²) in [5, 5.41) is 15.9. The fraction of sp³-hybridized carbons (Fsp3) is 0.362. The Morgan fingerprint density at radius 2 is 0.945 bits per heavy atom. The fourth-order valence-corrected chi connectivity index (χ4v) is 13.3.